The Morgan fingerprint density at radius 1 is 1.28 bits per heavy atom. The van der Waals surface area contributed by atoms with Gasteiger partial charge in [0.05, 0.1) is 0 Å². The molecule has 4 unspecified atom stereocenters. The van der Waals surface area contributed by atoms with Gasteiger partial charge in [0.25, 0.3) is 5.91 Å². The SMILES string of the molecule is CC1CCC(C(C)C)C(OC(=O)CN2C(=O)NC3(CCc4ccccc43)C2=O)C1. The molecule has 0 bridgehead atoms. The number of ether oxygens (including phenoxy) is 1. The number of urea groups is 1. The molecule has 1 N–H and O–H groups in total. The van der Waals surface area contributed by atoms with Crippen LogP contribution in [0.2, 0.25) is 0 Å². The Balaban J connectivity index is 1.46. The number of benzene rings is 1. The number of imide groups is 1. The molecule has 3 amide bonds. The average molecular weight is 399 g/mol. The van der Waals surface area contributed by atoms with E-state index in [9.17, 15) is 14.4 Å². The van der Waals surface area contributed by atoms with Crippen molar-refractivity contribution in [2.45, 2.75) is 64.5 Å². The van der Waals surface area contributed by atoms with Crippen LogP contribution in [0.5, 0.6) is 0 Å². The van der Waals surface area contributed by atoms with Gasteiger partial charge in [-0.05, 0) is 54.6 Å². The lowest BCUT2D eigenvalue weighted by Crippen LogP contribution is -2.43. The van der Waals surface area contributed by atoms with E-state index >= 15 is 0 Å². The van der Waals surface area contributed by atoms with Crippen LogP contribution in [0.4, 0.5) is 4.79 Å². The zero-order chi connectivity index (χ0) is 20.8. The number of esters is 1. The molecule has 1 heterocycles. The number of carbonyl (C=O) groups excluding carboxylic acids is 3. The van der Waals surface area contributed by atoms with E-state index in [1.807, 2.05) is 24.3 Å². The van der Waals surface area contributed by atoms with Crippen LogP contribution in [0.1, 0.15) is 57.6 Å². The highest BCUT2D eigenvalue weighted by molar-refractivity contribution is 6.09. The summed E-state index contributed by atoms with van der Waals surface area (Å²) in [5.74, 6) is 0.419. The quantitative estimate of drug-likeness (QED) is 0.623. The Kier molecular flexibility index (Phi) is 5.13. The fourth-order valence-electron chi connectivity index (χ4n) is 5.32. The Morgan fingerprint density at radius 3 is 2.79 bits per heavy atom. The van der Waals surface area contributed by atoms with Gasteiger partial charge in [-0.25, -0.2) is 4.79 Å². The smallest absolute Gasteiger partial charge is 0.326 e. The second kappa shape index (κ2) is 7.47. The molecule has 1 saturated heterocycles. The van der Waals surface area contributed by atoms with E-state index in [-0.39, 0.29) is 18.6 Å². The Hall–Kier alpha value is -2.37. The van der Waals surface area contributed by atoms with E-state index in [2.05, 4.69) is 26.1 Å². The maximum Gasteiger partial charge on any atom is 0.326 e. The van der Waals surface area contributed by atoms with Crippen LogP contribution in [0.3, 0.4) is 0 Å². The van der Waals surface area contributed by atoms with Crippen LogP contribution in [-0.4, -0.2) is 35.5 Å². The van der Waals surface area contributed by atoms with E-state index in [0.29, 0.717) is 24.2 Å². The van der Waals surface area contributed by atoms with Gasteiger partial charge in [-0.2, -0.15) is 0 Å². The van der Waals surface area contributed by atoms with Gasteiger partial charge in [0.1, 0.15) is 18.2 Å². The number of aryl methyl sites for hydroxylation is 1. The molecular formula is C23H30N2O4. The monoisotopic (exact) mass is 398 g/mol. The maximum atomic E-state index is 13.2. The van der Waals surface area contributed by atoms with E-state index in [1.165, 1.54) is 0 Å². The highest BCUT2D eigenvalue weighted by Gasteiger charge is 2.55. The fraction of sp³-hybridized carbons (Fsp3) is 0.609. The Morgan fingerprint density at radius 2 is 2.03 bits per heavy atom. The molecule has 0 aromatic heterocycles. The normalized spacial score (nSPS) is 31.3. The summed E-state index contributed by atoms with van der Waals surface area (Å²) in [6.07, 6.45) is 4.14. The maximum absolute atomic E-state index is 13.2. The number of hydrogen-bond donors (Lipinski definition) is 1. The lowest BCUT2D eigenvalue weighted by atomic mass is 9.75. The van der Waals surface area contributed by atoms with Crippen molar-refractivity contribution in [1.29, 1.82) is 0 Å². The van der Waals surface area contributed by atoms with Crippen molar-refractivity contribution in [2.24, 2.45) is 17.8 Å². The summed E-state index contributed by atoms with van der Waals surface area (Å²) >= 11 is 0. The van der Waals surface area contributed by atoms with Crippen LogP contribution >= 0.6 is 0 Å². The number of nitrogens with one attached hydrogen (secondary N) is 1. The zero-order valence-electron chi connectivity index (χ0n) is 17.4. The molecule has 29 heavy (non-hydrogen) atoms. The van der Waals surface area contributed by atoms with Crippen molar-refractivity contribution in [3.63, 3.8) is 0 Å². The Bertz CT molecular complexity index is 836. The standard InChI is InChI=1S/C23H30N2O4/c1-14(2)17-9-8-15(3)12-19(17)29-20(26)13-25-21(27)23(24-22(25)28)11-10-16-6-4-5-7-18(16)23/h4-7,14-15,17,19H,8-13H2,1-3H3,(H,24,28). The van der Waals surface area contributed by atoms with Crippen LogP contribution in [0.15, 0.2) is 24.3 Å². The molecule has 1 spiro atoms. The third-order valence-corrected chi connectivity index (χ3v) is 6.95. The fourth-order valence-corrected chi connectivity index (χ4v) is 5.32. The minimum absolute atomic E-state index is 0.145. The van der Waals surface area contributed by atoms with Crippen molar-refractivity contribution < 1.29 is 19.1 Å². The molecule has 156 valence electrons. The third kappa shape index (κ3) is 3.43. The van der Waals surface area contributed by atoms with Gasteiger partial charge in [0.15, 0.2) is 0 Å². The summed E-state index contributed by atoms with van der Waals surface area (Å²) in [6.45, 7) is 6.15. The van der Waals surface area contributed by atoms with Gasteiger partial charge in [0.2, 0.25) is 0 Å². The van der Waals surface area contributed by atoms with Crippen LogP contribution < -0.4 is 5.32 Å². The van der Waals surface area contributed by atoms with Gasteiger partial charge < -0.3 is 10.1 Å². The summed E-state index contributed by atoms with van der Waals surface area (Å²) in [4.78, 5) is 39.5. The van der Waals surface area contributed by atoms with E-state index in [1.54, 1.807) is 0 Å². The lowest BCUT2D eigenvalue weighted by molar-refractivity contribution is -0.158. The molecular weight excluding hydrogens is 368 g/mol. The molecule has 2 fully saturated rings. The second-order valence-corrected chi connectivity index (χ2v) is 9.24. The van der Waals surface area contributed by atoms with E-state index in [4.69, 9.17) is 4.74 Å². The summed E-state index contributed by atoms with van der Waals surface area (Å²) in [5.41, 5.74) is 0.880. The molecule has 3 aliphatic rings. The van der Waals surface area contributed by atoms with Crippen LogP contribution in [-0.2, 0) is 26.3 Å². The number of fused-ring (bicyclic) bond motifs is 2. The number of amides is 3. The average Bonchev–Trinajstić information content (AvgIpc) is 3.15. The zero-order valence-corrected chi connectivity index (χ0v) is 17.4. The first-order valence-electron chi connectivity index (χ1n) is 10.7. The molecule has 1 aromatic carbocycles. The first kappa shape index (κ1) is 19.9. The van der Waals surface area contributed by atoms with Crippen molar-refractivity contribution in [3.05, 3.63) is 35.4 Å². The number of nitrogens with zero attached hydrogens (tertiary/aromatic N) is 1. The molecule has 4 rings (SSSR count). The molecule has 1 aliphatic heterocycles. The molecule has 6 heteroatoms. The number of carbonyl (C=O) groups is 3. The third-order valence-electron chi connectivity index (χ3n) is 6.95. The molecule has 4 atom stereocenters. The first-order chi connectivity index (χ1) is 13.8. The van der Waals surface area contributed by atoms with Gasteiger partial charge in [-0.3, -0.25) is 14.5 Å². The van der Waals surface area contributed by atoms with Crippen LogP contribution in [0, 0.1) is 17.8 Å². The second-order valence-electron chi connectivity index (χ2n) is 9.24. The predicted molar refractivity (Wildman–Crippen MR) is 108 cm³/mol. The van der Waals surface area contributed by atoms with Crippen molar-refractivity contribution >= 4 is 17.9 Å². The first-order valence-corrected chi connectivity index (χ1v) is 10.7. The molecule has 6 nitrogen and oxygen atoms in total. The van der Waals surface area contributed by atoms with Crippen molar-refractivity contribution in [2.75, 3.05) is 6.54 Å². The topological polar surface area (TPSA) is 75.7 Å². The van der Waals surface area contributed by atoms with Gasteiger partial charge in [-0.15, -0.1) is 0 Å². The molecule has 2 aliphatic carbocycles. The molecule has 1 aromatic rings. The lowest BCUT2D eigenvalue weighted by Gasteiger charge is -2.36. The summed E-state index contributed by atoms with van der Waals surface area (Å²) in [7, 11) is 0. The summed E-state index contributed by atoms with van der Waals surface area (Å²) < 4.78 is 5.80. The summed E-state index contributed by atoms with van der Waals surface area (Å²) in [6, 6.07) is 7.17. The van der Waals surface area contributed by atoms with E-state index < -0.39 is 17.5 Å². The predicted octanol–water partition coefficient (Wildman–Crippen LogP) is 3.38. The minimum Gasteiger partial charge on any atom is -0.461 e. The van der Waals surface area contributed by atoms with Crippen LogP contribution in [0.25, 0.3) is 0 Å². The minimum atomic E-state index is -1.03. The highest BCUT2D eigenvalue weighted by atomic mass is 16.5. The number of rotatable bonds is 4. The van der Waals surface area contributed by atoms with Crippen molar-refractivity contribution in [1.82, 2.24) is 10.2 Å². The molecule has 0 radical (unpaired) electrons. The van der Waals surface area contributed by atoms with E-state index in [0.717, 1.165) is 41.7 Å². The van der Waals surface area contributed by atoms with Gasteiger partial charge >= 0.3 is 12.0 Å². The number of hydrogen-bond acceptors (Lipinski definition) is 4. The van der Waals surface area contributed by atoms with Gasteiger partial charge in [-0.1, -0.05) is 51.5 Å². The summed E-state index contributed by atoms with van der Waals surface area (Å²) in [5, 5.41) is 2.86. The molecule has 1 saturated carbocycles. The largest absolute Gasteiger partial charge is 0.461 e. The van der Waals surface area contributed by atoms with Gasteiger partial charge in [0, 0.05) is 0 Å². The van der Waals surface area contributed by atoms with Crippen molar-refractivity contribution in [3.8, 4) is 0 Å². The highest BCUT2D eigenvalue weighted by Crippen LogP contribution is 2.41. The Labute approximate surface area is 172 Å².